The fourth-order valence-corrected chi connectivity index (χ4v) is 9.48. The van der Waals surface area contributed by atoms with Crippen LogP contribution in [-0.4, -0.2) is 4.57 Å². The van der Waals surface area contributed by atoms with Crippen molar-refractivity contribution in [1.82, 2.24) is 4.57 Å². The first-order chi connectivity index (χ1) is 30.3. The molecule has 0 fully saturated rings. The van der Waals surface area contributed by atoms with Crippen LogP contribution < -0.4 is 4.90 Å². The standard InChI is InChI=1S/C58H38N2O/c1-2-23-44-39(17-1)18-15-29-45(44)40-19-13-21-42(37-40)59(43-22-14-20-41(38-43)46-30-16-31-52-51-28-7-12-36-57(51)61-58(46)52)53-32-8-3-24-47(53)48-25-4-9-33-54(48)60-55-34-10-5-26-49(55)50-27-6-11-35-56(50)60/h1-38H. The molecule has 3 heteroatoms. The van der Waals surface area contributed by atoms with Crippen molar-refractivity contribution in [2.45, 2.75) is 0 Å². The molecule has 0 spiro atoms. The van der Waals surface area contributed by atoms with E-state index in [2.05, 4.69) is 228 Å². The number of furan rings is 1. The van der Waals surface area contributed by atoms with Crippen molar-refractivity contribution in [3.8, 4) is 39.1 Å². The zero-order valence-corrected chi connectivity index (χ0v) is 33.2. The third kappa shape index (κ3) is 5.74. The molecule has 0 saturated heterocycles. The van der Waals surface area contributed by atoms with Crippen molar-refractivity contribution in [1.29, 1.82) is 0 Å². The minimum Gasteiger partial charge on any atom is -0.455 e. The van der Waals surface area contributed by atoms with Gasteiger partial charge in [0.15, 0.2) is 0 Å². The number of nitrogens with zero attached hydrogens (tertiary/aromatic N) is 2. The lowest BCUT2D eigenvalue weighted by Gasteiger charge is -2.29. The molecular weight excluding hydrogens is 741 g/mol. The topological polar surface area (TPSA) is 21.3 Å². The Kier molecular flexibility index (Phi) is 8.17. The first-order valence-corrected chi connectivity index (χ1v) is 20.8. The van der Waals surface area contributed by atoms with Gasteiger partial charge in [-0.2, -0.15) is 0 Å². The molecule has 0 amide bonds. The molecule has 0 unspecified atom stereocenters. The van der Waals surface area contributed by atoms with Gasteiger partial charge in [-0.15, -0.1) is 0 Å². The lowest BCUT2D eigenvalue weighted by Crippen LogP contribution is -2.12. The second kappa shape index (κ2) is 14.3. The maximum atomic E-state index is 6.58. The SMILES string of the molecule is c1cc(-c2cccc3ccccc23)cc(N(c2cccc(-c3cccc4c3oc3ccccc34)c2)c2ccccc2-c2ccccc2-n2c3ccccc3c3ccccc32)c1. The highest BCUT2D eigenvalue weighted by atomic mass is 16.3. The van der Waals surface area contributed by atoms with Crippen molar-refractivity contribution in [2.75, 3.05) is 4.90 Å². The minimum atomic E-state index is 0.892. The van der Waals surface area contributed by atoms with Gasteiger partial charge in [-0.25, -0.2) is 0 Å². The van der Waals surface area contributed by atoms with Crippen molar-refractivity contribution >= 4 is 71.6 Å². The van der Waals surface area contributed by atoms with Crippen LogP contribution in [0.4, 0.5) is 17.1 Å². The van der Waals surface area contributed by atoms with E-state index >= 15 is 0 Å². The van der Waals surface area contributed by atoms with Gasteiger partial charge in [0.05, 0.1) is 22.4 Å². The summed E-state index contributed by atoms with van der Waals surface area (Å²) in [5.74, 6) is 0. The number of fused-ring (bicyclic) bond motifs is 7. The summed E-state index contributed by atoms with van der Waals surface area (Å²) < 4.78 is 9.01. The van der Waals surface area contributed by atoms with Crippen LogP contribution in [0.3, 0.4) is 0 Å². The van der Waals surface area contributed by atoms with Crippen molar-refractivity contribution in [2.24, 2.45) is 0 Å². The van der Waals surface area contributed by atoms with Crippen LogP contribution in [0.2, 0.25) is 0 Å². The molecule has 12 rings (SSSR count). The van der Waals surface area contributed by atoms with Crippen LogP contribution in [0.5, 0.6) is 0 Å². The Morgan fingerprint density at radius 3 is 1.62 bits per heavy atom. The molecule has 61 heavy (non-hydrogen) atoms. The highest BCUT2D eigenvalue weighted by molar-refractivity contribution is 6.11. The van der Waals surface area contributed by atoms with E-state index in [0.717, 1.165) is 72.5 Å². The zero-order valence-electron chi connectivity index (χ0n) is 33.2. The number of benzene rings is 10. The predicted molar refractivity (Wildman–Crippen MR) is 257 cm³/mol. The molecule has 3 nitrogen and oxygen atoms in total. The average molecular weight is 779 g/mol. The quantitative estimate of drug-likeness (QED) is 0.161. The molecule has 0 saturated carbocycles. The van der Waals surface area contributed by atoms with E-state index in [-0.39, 0.29) is 0 Å². The number of anilines is 3. The van der Waals surface area contributed by atoms with E-state index in [9.17, 15) is 0 Å². The number of aromatic nitrogens is 1. The molecule has 0 aliphatic rings. The molecule has 2 heterocycles. The Labute approximate surface area is 353 Å². The largest absolute Gasteiger partial charge is 0.455 e. The summed E-state index contributed by atoms with van der Waals surface area (Å²) in [6, 6.07) is 83.0. The molecule has 0 bridgehead atoms. The smallest absolute Gasteiger partial charge is 0.143 e. The Morgan fingerprint density at radius 2 is 0.852 bits per heavy atom. The van der Waals surface area contributed by atoms with Gasteiger partial charge in [-0.1, -0.05) is 176 Å². The van der Waals surface area contributed by atoms with E-state index in [1.807, 2.05) is 12.1 Å². The fourth-order valence-electron chi connectivity index (χ4n) is 9.48. The highest BCUT2D eigenvalue weighted by Gasteiger charge is 2.22. The Morgan fingerprint density at radius 1 is 0.344 bits per heavy atom. The molecule has 0 atom stereocenters. The molecule has 10 aromatic carbocycles. The Balaban J connectivity index is 1.09. The van der Waals surface area contributed by atoms with Crippen LogP contribution in [0, 0.1) is 0 Å². The molecule has 0 aliphatic carbocycles. The van der Waals surface area contributed by atoms with Gasteiger partial charge in [0.25, 0.3) is 0 Å². The maximum absolute atomic E-state index is 6.58. The molecule has 0 radical (unpaired) electrons. The Hall–Kier alpha value is -8.14. The van der Waals surface area contributed by atoms with Crippen LogP contribution in [0.25, 0.3) is 93.6 Å². The molecule has 0 aliphatic heterocycles. The fraction of sp³-hybridized carbons (Fsp3) is 0. The van der Waals surface area contributed by atoms with E-state index in [1.165, 1.54) is 38.1 Å². The van der Waals surface area contributed by atoms with E-state index in [0.29, 0.717) is 0 Å². The van der Waals surface area contributed by atoms with Gasteiger partial charge >= 0.3 is 0 Å². The summed E-state index contributed by atoms with van der Waals surface area (Å²) >= 11 is 0. The van der Waals surface area contributed by atoms with Gasteiger partial charge in [0.2, 0.25) is 0 Å². The summed E-state index contributed by atoms with van der Waals surface area (Å²) in [5, 5.41) is 7.17. The van der Waals surface area contributed by atoms with Gasteiger partial charge < -0.3 is 13.9 Å². The van der Waals surface area contributed by atoms with Gasteiger partial charge in [-0.05, 0) is 82.1 Å². The van der Waals surface area contributed by atoms with Crippen LogP contribution in [-0.2, 0) is 0 Å². The third-order valence-electron chi connectivity index (χ3n) is 12.2. The van der Waals surface area contributed by atoms with E-state index in [4.69, 9.17) is 4.42 Å². The second-order valence-electron chi connectivity index (χ2n) is 15.6. The van der Waals surface area contributed by atoms with Crippen molar-refractivity contribution in [3.63, 3.8) is 0 Å². The van der Waals surface area contributed by atoms with Gasteiger partial charge in [-0.3, -0.25) is 0 Å². The van der Waals surface area contributed by atoms with Crippen molar-refractivity contribution in [3.05, 3.63) is 231 Å². The Bertz CT molecular complexity index is 3570. The van der Waals surface area contributed by atoms with E-state index in [1.54, 1.807) is 0 Å². The first-order valence-electron chi connectivity index (χ1n) is 20.8. The summed E-state index contributed by atoms with van der Waals surface area (Å²) in [6.45, 7) is 0. The zero-order chi connectivity index (χ0) is 40.3. The average Bonchev–Trinajstić information content (AvgIpc) is 3.88. The lowest BCUT2D eigenvalue weighted by molar-refractivity contribution is 0.670. The highest BCUT2D eigenvalue weighted by Crippen LogP contribution is 2.46. The van der Waals surface area contributed by atoms with E-state index < -0.39 is 0 Å². The maximum Gasteiger partial charge on any atom is 0.143 e. The van der Waals surface area contributed by atoms with Crippen LogP contribution >= 0.6 is 0 Å². The normalized spacial score (nSPS) is 11.6. The number of hydrogen-bond acceptors (Lipinski definition) is 2. The van der Waals surface area contributed by atoms with Crippen LogP contribution in [0.1, 0.15) is 0 Å². The summed E-state index contributed by atoms with van der Waals surface area (Å²) in [4.78, 5) is 2.43. The number of hydrogen-bond donors (Lipinski definition) is 0. The second-order valence-corrected chi connectivity index (χ2v) is 15.6. The molecule has 286 valence electrons. The summed E-state index contributed by atoms with van der Waals surface area (Å²) in [6.07, 6.45) is 0. The van der Waals surface area contributed by atoms with Gasteiger partial charge in [0, 0.05) is 49.6 Å². The minimum absolute atomic E-state index is 0.892. The van der Waals surface area contributed by atoms with Gasteiger partial charge in [0.1, 0.15) is 11.2 Å². The first kappa shape index (κ1) is 34.9. The number of para-hydroxylation sites is 6. The molecule has 12 aromatic rings. The van der Waals surface area contributed by atoms with Crippen LogP contribution in [0.15, 0.2) is 235 Å². The third-order valence-corrected chi connectivity index (χ3v) is 12.2. The summed E-state index contributed by atoms with van der Waals surface area (Å²) in [5.41, 5.74) is 15.2. The lowest BCUT2D eigenvalue weighted by atomic mass is 9.96. The monoisotopic (exact) mass is 778 g/mol. The van der Waals surface area contributed by atoms with Crippen molar-refractivity contribution < 1.29 is 4.42 Å². The molecular formula is C58H38N2O. The molecule has 2 aromatic heterocycles. The number of rotatable bonds is 7. The summed E-state index contributed by atoms with van der Waals surface area (Å²) in [7, 11) is 0. The predicted octanol–water partition coefficient (Wildman–Crippen LogP) is 16.3. The molecule has 0 N–H and O–H groups in total.